The first-order chi connectivity index (χ1) is 28.2. The third-order valence-electron chi connectivity index (χ3n) is 11.1. The molecule has 0 unspecified atom stereocenters. The van der Waals surface area contributed by atoms with Gasteiger partial charge in [0.15, 0.2) is 17.5 Å². The Bertz CT molecular complexity index is 3410. The van der Waals surface area contributed by atoms with Crippen LogP contribution >= 0.6 is 0 Å². The fourth-order valence-corrected chi connectivity index (χ4v) is 8.46. The normalized spacial score (nSPS) is 11.9. The molecule has 57 heavy (non-hydrogen) atoms. The molecule has 0 amide bonds. The molecule has 0 N–H and O–H groups in total. The zero-order valence-corrected chi connectivity index (χ0v) is 30.4. The molecular formula is C51H30N4O2. The van der Waals surface area contributed by atoms with Crippen molar-refractivity contribution in [1.82, 2.24) is 19.5 Å². The van der Waals surface area contributed by atoms with Crippen LogP contribution in [0, 0.1) is 0 Å². The minimum absolute atomic E-state index is 0.590. The van der Waals surface area contributed by atoms with Gasteiger partial charge in [0, 0.05) is 60.3 Å². The number of fused-ring (bicyclic) bond motifs is 9. The fourth-order valence-electron chi connectivity index (χ4n) is 8.46. The highest BCUT2D eigenvalue weighted by molar-refractivity contribution is 6.15. The van der Waals surface area contributed by atoms with Gasteiger partial charge in [-0.1, -0.05) is 133 Å². The molecule has 0 saturated heterocycles. The molecule has 0 bridgehead atoms. The maximum atomic E-state index is 6.67. The van der Waals surface area contributed by atoms with Gasteiger partial charge >= 0.3 is 0 Å². The Labute approximate surface area is 325 Å². The Kier molecular flexibility index (Phi) is 6.83. The average Bonchev–Trinajstić information content (AvgIpc) is 3.96. The van der Waals surface area contributed by atoms with Crippen LogP contribution < -0.4 is 0 Å². The Morgan fingerprint density at radius 3 is 1.68 bits per heavy atom. The van der Waals surface area contributed by atoms with E-state index in [4.69, 9.17) is 23.8 Å². The molecule has 0 aliphatic rings. The molecule has 266 valence electrons. The second-order valence-corrected chi connectivity index (χ2v) is 14.4. The van der Waals surface area contributed by atoms with Gasteiger partial charge in [-0.2, -0.15) is 0 Å². The van der Waals surface area contributed by atoms with Crippen molar-refractivity contribution in [3.05, 3.63) is 182 Å². The van der Waals surface area contributed by atoms with Crippen LogP contribution in [0.15, 0.2) is 191 Å². The summed E-state index contributed by atoms with van der Waals surface area (Å²) in [4.78, 5) is 15.0. The molecule has 12 aromatic rings. The summed E-state index contributed by atoms with van der Waals surface area (Å²) in [5, 5.41) is 6.56. The number of para-hydroxylation sites is 3. The first-order valence-electron chi connectivity index (χ1n) is 19.0. The molecule has 0 radical (unpaired) electrons. The van der Waals surface area contributed by atoms with E-state index in [1.165, 1.54) is 21.8 Å². The van der Waals surface area contributed by atoms with Gasteiger partial charge in [0.25, 0.3) is 0 Å². The first kappa shape index (κ1) is 31.5. The van der Waals surface area contributed by atoms with Crippen LogP contribution in [0.2, 0.25) is 0 Å². The Morgan fingerprint density at radius 1 is 0.351 bits per heavy atom. The van der Waals surface area contributed by atoms with Gasteiger partial charge < -0.3 is 13.4 Å². The van der Waals surface area contributed by atoms with Gasteiger partial charge in [0.2, 0.25) is 0 Å². The smallest absolute Gasteiger partial charge is 0.164 e. The van der Waals surface area contributed by atoms with Crippen molar-refractivity contribution >= 4 is 65.7 Å². The van der Waals surface area contributed by atoms with Crippen LogP contribution in [-0.4, -0.2) is 19.5 Å². The van der Waals surface area contributed by atoms with Gasteiger partial charge in [0.05, 0.1) is 11.0 Å². The molecular weight excluding hydrogens is 701 g/mol. The second-order valence-electron chi connectivity index (χ2n) is 14.4. The Morgan fingerprint density at radius 2 is 0.965 bits per heavy atom. The maximum Gasteiger partial charge on any atom is 0.164 e. The van der Waals surface area contributed by atoms with Gasteiger partial charge in [-0.05, 0) is 54.1 Å². The largest absolute Gasteiger partial charge is 0.456 e. The summed E-state index contributed by atoms with van der Waals surface area (Å²) in [7, 11) is 0. The maximum absolute atomic E-state index is 6.67. The summed E-state index contributed by atoms with van der Waals surface area (Å²) in [6, 6.07) is 62.6. The molecule has 0 atom stereocenters. The van der Waals surface area contributed by atoms with Gasteiger partial charge in [-0.3, -0.25) is 0 Å². The van der Waals surface area contributed by atoms with Crippen LogP contribution in [0.25, 0.3) is 117 Å². The fraction of sp³-hybridized carbons (Fsp3) is 0. The van der Waals surface area contributed by atoms with E-state index in [-0.39, 0.29) is 0 Å². The SMILES string of the molecule is c1ccc(-c2nc(-c3ccccc3)nc(-c3cccc4oc5cc(-c6cccc7c6oc6ccc(-n8c9ccccc9c9ccccc98)cc67)ccc5c34)n2)cc1. The molecule has 6 nitrogen and oxygen atoms in total. The van der Waals surface area contributed by atoms with E-state index in [9.17, 15) is 0 Å². The Balaban J connectivity index is 0.994. The predicted molar refractivity (Wildman–Crippen MR) is 230 cm³/mol. The molecule has 0 aliphatic heterocycles. The van der Waals surface area contributed by atoms with Crippen LogP contribution in [0.5, 0.6) is 0 Å². The molecule has 8 aromatic carbocycles. The van der Waals surface area contributed by atoms with Crippen LogP contribution in [0.3, 0.4) is 0 Å². The number of benzene rings is 8. The van der Waals surface area contributed by atoms with Crippen molar-refractivity contribution in [2.45, 2.75) is 0 Å². The lowest BCUT2D eigenvalue weighted by atomic mass is 9.99. The molecule has 0 aliphatic carbocycles. The molecule has 12 rings (SSSR count). The van der Waals surface area contributed by atoms with Crippen molar-refractivity contribution in [3.8, 4) is 51.0 Å². The van der Waals surface area contributed by atoms with E-state index in [0.717, 1.165) is 77.4 Å². The number of aromatic nitrogens is 4. The van der Waals surface area contributed by atoms with Crippen LogP contribution in [0.1, 0.15) is 0 Å². The van der Waals surface area contributed by atoms with Crippen molar-refractivity contribution < 1.29 is 8.83 Å². The summed E-state index contributed by atoms with van der Waals surface area (Å²) in [6.45, 7) is 0. The minimum atomic E-state index is 0.590. The van der Waals surface area contributed by atoms with E-state index in [1.54, 1.807) is 0 Å². The van der Waals surface area contributed by atoms with Gasteiger partial charge in [0.1, 0.15) is 22.3 Å². The zero-order valence-electron chi connectivity index (χ0n) is 30.4. The van der Waals surface area contributed by atoms with Crippen molar-refractivity contribution in [2.24, 2.45) is 0 Å². The van der Waals surface area contributed by atoms with E-state index < -0.39 is 0 Å². The highest BCUT2D eigenvalue weighted by atomic mass is 16.3. The van der Waals surface area contributed by atoms with E-state index in [1.807, 2.05) is 72.8 Å². The van der Waals surface area contributed by atoms with Crippen molar-refractivity contribution in [3.63, 3.8) is 0 Å². The summed E-state index contributed by atoms with van der Waals surface area (Å²) >= 11 is 0. The highest BCUT2D eigenvalue weighted by Gasteiger charge is 2.20. The van der Waals surface area contributed by atoms with E-state index in [0.29, 0.717) is 17.5 Å². The summed E-state index contributed by atoms with van der Waals surface area (Å²) in [5.41, 5.74) is 11.4. The average molecular weight is 731 g/mol. The standard InChI is InChI=1S/C51H30N4O2/c1-3-13-31(14-4-1)49-52-50(32-15-5-2-6-16-32)54-51(53-49)40-21-12-24-45-47(40)39-27-25-33(29-46(39)56-45)35-19-11-20-38-41-30-34(26-28-44(41)57-48(35)38)55-42-22-9-7-17-36(42)37-18-8-10-23-43(37)55/h1-30H. The number of rotatable bonds is 5. The van der Waals surface area contributed by atoms with Crippen LogP contribution in [0.4, 0.5) is 0 Å². The summed E-state index contributed by atoms with van der Waals surface area (Å²) < 4.78 is 15.6. The van der Waals surface area contributed by atoms with Gasteiger partial charge in [-0.25, -0.2) is 15.0 Å². The molecule has 4 aromatic heterocycles. The second kappa shape index (κ2) is 12.3. The number of furan rings is 2. The van der Waals surface area contributed by atoms with Crippen LogP contribution in [-0.2, 0) is 0 Å². The molecule has 6 heteroatoms. The number of hydrogen-bond acceptors (Lipinski definition) is 5. The summed E-state index contributed by atoms with van der Waals surface area (Å²) in [6.07, 6.45) is 0. The third kappa shape index (κ3) is 4.94. The third-order valence-corrected chi connectivity index (χ3v) is 11.1. The lowest BCUT2D eigenvalue weighted by Gasteiger charge is -2.09. The first-order valence-corrected chi connectivity index (χ1v) is 19.0. The quantitative estimate of drug-likeness (QED) is 0.176. The predicted octanol–water partition coefficient (Wildman–Crippen LogP) is 13.4. The molecule has 4 heterocycles. The van der Waals surface area contributed by atoms with E-state index >= 15 is 0 Å². The van der Waals surface area contributed by atoms with E-state index in [2.05, 4.69) is 114 Å². The molecule has 0 saturated carbocycles. The zero-order chi connectivity index (χ0) is 37.5. The molecule has 0 fully saturated rings. The lowest BCUT2D eigenvalue weighted by molar-refractivity contribution is 0.668. The number of hydrogen-bond donors (Lipinski definition) is 0. The minimum Gasteiger partial charge on any atom is -0.456 e. The number of nitrogens with zero attached hydrogens (tertiary/aromatic N) is 4. The Hall–Kier alpha value is -7.83. The lowest BCUT2D eigenvalue weighted by Crippen LogP contribution is -2.00. The van der Waals surface area contributed by atoms with Gasteiger partial charge in [-0.15, -0.1) is 0 Å². The van der Waals surface area contributed by atoms with Crippen molar-refractivity contribution in [2.75, 3.05) is 0 Å². The highest BCUT2D eigenvalue weighted by Crippen LogP contribution is 2.42. The van der Waals surface area contributed by atoms with Crippen molar-refractivity contribution in [1.29, 1.82) is 0 Å². The molecule has 0 spiro atoms. The summed E-state index contributed by atoms with van der Waals surface area (Å²) in [5.74, 6) is 1.83. The monoisotopic (exact) mass is 730 g/mol. The topological polar surface area (TPSA) is 69.9 Å².